The molecule has 0 saturated heterocycles. The Morgan fingerprint density at radius 3 is 2.53 bits per heavy atom. The predicted molar refractivity (Wildman–Crippen MR) is 124 cm³/mol. The number of fused-ring (bicyclic) bond motifs is 1. The van der Waals surface area contributed by atoms with Gasteiger partial charge in [-0.05, 0) is 45.2 Å². The van der Waals surface area contributed by atoms with Gasteiger partial charge in [0.2, 0.25) is 0 Å². The van der Waals surface area contributed by atoms with Gasteiger partial charge in [-0.15, -0.1) is 0 Å². The van der Waals surface area contributed by atoms with Gasteiger partial charge >= 0.3 is 0 Å². The molecule has 0 bridgehead atoms. The minimum absolute atomic E-state index is 0.0599. The summed E-state index contributed by atoms with van der Waals surface area (Å²) in [5, 5.41) is 12.8. The molecule has 2 aromatic carbocycles. The number of carbonyl (C=O) groups excluding carboxylic acids is 1. The molecule has 0 aromatic heterocycles. The SMILES string of the molecule is CNC[C@@H]1Oc2c(NS(=O)(=O)c3ccc(C)cc3)cccc2C(=O)N([C@@H](C)CO)C[C@@H]1C. The van der Waals surface area contributed by atoms with Crippen LogP contribution >= 0.6 is 0 Å². The first-order valence-corrected chi connectivity index (χ1v) is 12.1. The summed E-state index contributed by atoms with van der Waals surface area (Å²) in [5.41, 5.74) is 1.40. The second-order valence-corrected chi connectivity index (χ2v) is 9.96. The highest BCUT2D eigenvalue weighted by Gasteiger charge is 2.34. The van der Waals surface area contributed by atoms with Crippen LogP contribution in [0, 0.1) is 12.8 Å². The second-order valence-electron chi connectivity index (χ2n) is 8.28. The number of aliphatic hydroxyl groups is 1. The summed E-state index contributed by atoms with van der Waals surface area (Å²) < 4.78 is 34.9. The maximum Gasteiger partial charge on any atom is 0.262 e. The summed E-state index contributed by atoms with van der Waals surface area (Å²) in [6, 6.07) is 10.9. The van der Waals surface area contributed by atoms with E-state index < -0.39 is 10.0 Å². The first kappa shape index (κ1) is 24.0. The number of benzene rings is 2. The van der Waals surface area contributed by atoms with Gasteiger partial charge in [-0.1, -0.05) is 30.7 Å². The zero-order valence-corrected chi connectivity index (χ0v) is 19.6. The molecule has 1 heterocycles. The fourth-order valence-electron chi connectivity index (χ4n) is 3.69. The molecule has 0 spiro atoms. The van der Waals surface area contributed by atoms with Crippen molar-refractivity contribution in [2.75, 3.05) is 31.5 Å². The third-order valence-corrected chi connectivity index (χ3v) is 7.05. The number of nitrogens with one attached hydrogen (secondary N) is 2. The van der Waals surface area contributed by atoms with Crippen LogP contribution in [0.1, 0.15) is 29.8 Å². The van der Waals surface area contributed by atoms with E-state index in [1.807, 2.05) is 13.8 Å². The highest BCUT2D eigenvalue weighted by molar-refractivity contribution is 7.92. The highest BCUT2D eigenvalue weighted by atomic mass is 32.2. The third kappa shape index (κ3) is 5.06. The van der Waals surface area contributed by atoms with Gasteiger partial charge in [-0.2, -0.15) is 0 Å². The number of hydrogen-bond acceptors (Lipinski definition) is 6. The summed E-state index contributed by atoms with van der Waals surface area (Å²) in [6.45, 7) is 6.37. The molecule has 174 valence electrons. The van der Waals surface area contributed by atoms with Crippen molar-refractivity contribution in [1.29, 1.82) is 0 Å². The van der Waals surface area contributed by atoms with E-state index in [0.29, 0.717) is 13.1 Å². The molecule has 0 radical (unpaired) electrons. The van der Waals surface area contributed by atoms with E-state index in [4.69, 9.17) is 4.74 Å². The number of sulfonamides is 1. The van der Waals surface area contributed by atoms with Crippen molar-refractivity contribution in [3.63, 3.8) is 0 Å². The van der Waals surface area contributed by atoms with Gasteiger partial charge in [0.25, 0.3) is 15.9 Å². The van der Waals surface area contributed by atoms with Gasteiger partial charge in [0.1, 0.15) is 6.10 Å². The molecule has 0 fully saturated rings. The number of ether oxygens (including phenoxy) is 1. The normalized spacial score (nSPS) is 20.0. The number of likely N-dealkylation sites (N-methyl/N-ethyl adjacent to an activating group) is 1. The van der Waals surface area contributed by atoms with E-state index in [9.17, 15) is 18.3 Å². The Morgan fingerprint density at radius 1 is 1.22 bits per heavy atom. The van der Waals surface area contributed by atoms with Crippen molar-refractivity contribution in [1.82, 2.24) is 10.2 Å². The van der Waals surface area contributed by atoms with Crippen molar-refractivity contribution >= 4 is 21.6 Å². The van der Waals surface area contributed by atoms with Gasteiger partial charge in [-0.25, -0.2) is 8.42 Å². The highest BCUT2D eigenvalue weighted by Crippen LogP contribution is 2.35. The molecule has 3 atom stereocenters. The number of carbonyl (C=O) groups is 1. The van der Waals surface area contributed by atoms with Crippen LogP contribution in [0.5, 0.6) is 5.75 Å². The van der Waals surface area contributed by atoms with Gasteiger partial charge in [-0.3, -0.25) is 9.52 Å². The lowest BCUT2D eigenvalue weighted by Crippen LogP contribution is -2.49. The van der Waals surface area contributed by atoms with Crippen LogP contribution in [0.25, 0.3) is 0 Å². The zero-order valence-electron chi connectivity index (χ0n) is 18.8. The lowest BCUT2D eigenvalue weighted by atomic mass is 9.99. The molecular formula is C23H31N3O5S. The molecule has 1 aliphatic rings. The fourth-order valence-corrected chi connectivity index (χ4v) is 4.75. The van der Waals surface area contributed by atoms with E-state index in [1.54, 1.807) is 49.2 Å². The standard InChI is InChI=1S/C23H31N3O5S/c1-15-8-10-18(11-9-15)32(29,30)25-20-7-5-6-19-22(20)31-21(12-24-4)16(2)13-26(23(19)28)17(3)14-27/h5-11,16-17,21,24-25,27H,12-14H2,1-4H3/t16-,17-,21-/m0/s1. The molecule has 9 heteroatoms. The first-order chi connectivity index (χ1) is 15.2. The van der Waals surface area contributed by atoms with E-state index >= 15 is 0 Å². The number of aryl methyl sites for hydroxylation is 1. The van der Waals surface area contributed by atoms with Crippen molar-refractivity contribution in [3.8, 4) is 5.75 Å². The van der Waals surface area contributed by atoms with E-state index in [-0.39, 0.29) is 52.5 Å². The summed E-state index contributed by atoms with van der Waals surface area (Å²) in [7, 11) is -2.08. The average Bonchev–Trinajstić information content (AvgIpc) is 2.76. The minimum atomic E-state index is -3.89. The van der Waals surface area contributed by atoms with Crippen molar-refractivity contribution < 1.29 is 23.1 Å². The van der Waals surface area contributed by atoms with Gasteiger partial charge in [0.05, 0.1) is 28.8 Å². The average molecular weight is 462 g/mol. The Labute approximate surface area is 189 Å². The molecule has 0 aliphatic carbocycles. The van der Waals surface area contributed by atoms with Crippen molar-refractivity contribution in [2.45, 2.75) is 37.8 Å². The Balaban J connectivity index is 2.08. The number of rotatable bonds is 7. The van der Waals surface area contributed by atoms with Crippen LogP contribution in [0.15, 0.2) is 47.4 Å². The molecule has 3 N–H and O–H groups in total. The summed E-state index contributed by atoms with van der Waals surface area (Å²) in [4.78, 5) is 15.1. The Morgan fingerprint density at radius 2 is 1.91 bits per heavy atom. The molecule has 0 unspecified atom stereocenters. The Bertz CT molecular complexity index is 1060. The summed E-state index contributed by atoms with van der Waals surface area (Å²) >= 11 is 0. The van der Waals surface area contributed by atoms with Crippen LogP contribution < -0.4 is 14.8 Å². The predicted octanol–water partition coefficient (Wildman–Crippen LogP) is 2.24. The smallest absolute Gasteiger partial charge is 0.262 e. The molecule has 8 nitrogen and oxygen atoms in total. The Hall–Kier alpha value is -2.62. The van der Waals surface area contributed by atoms with Crippen molar-refractivity contribution in [2.24, 2.45) is 5.92 Å². The number of anilines is 1. The van der Waals surface area contributed by atoms with Crippen molar-refractivity contribution in [3.05, 3.63) is 53.6 Å². The van der Waals surface area contributed by atoms with Gasteiger partial charge in [0, 0.05) is 19.0 Å². The minimum Gasteiger partial charge on any atom is -0.486 e. The topological polar surface area (TPSA) is 108 Å². The van der Waals surface area contributed by atoms with Gasteiger partial charge < -0.3 is 20.1 Å². The van der Waals surface area contributed by atoms with Crippen LogP contribution in [0.4, 0.5) is 5.69 Å². The maximum atomic E-state index is 13.4. The van der Waals surface area contributed by atoms with Gasteiger partial charge in [0.15, 0.2) is 5.75 Å². The third-order valence-electron chi connectivity index (χ3n) is 5.67. The summed E-state index contributed by atoms with van der Waals surface area (Å²) in [6.07, 6.45) is -0.315. The Kier molecular flexibility index (Phi) is 7.43. The fraction of sp³-hybridized carbons (Fsp3) is 0.435. The number of nitrogens with zero attached hydrogens (tertiary/aromatic N) is 1. The largest absolute Gasteiger partial charge is 0.486 e. The first-order valence-electron chi connectivity index (χ1n) is 10.6. The summed E-state index contributed by atoms with van der Waals surface area (Å²) in [5.74, 6) is -0.182. The second kappa shape index (κ2) is 9.89. The number of para-hydroxylation sites is 1. The molecule has 0 saturated carbocycles. The van der Waals surface area contributed by atoms with Crippen LogP contribution in [0.2, 0.25) is 0 Å². The quantitative estimate of drug-likeness (QED) is 0.584. The molecule has 2 aromatic rings. The van der Waals surface area contributed by atoms with E-state index in [1.165, 1.54) is 12.1 Å². The molecule has 3 rings (SSSR count). The number of amides is 1. The van der Waals surface area contributed by atoms with E-state index in [0.717, 1.165) is 5.56 Å². The monoisotopic (exact) mass is 461 g/mol. The number of hydrogen-bond donors (Lipinski definition) is 3. The lowest BCUT2D eigenvalue weighted by Gasteiger charge is -2.37. The number of aliphatic hydroxyl groups excluding tert-OH is 1. The zero-order chi connectivity index (χ0) is 23.5. The van der Waals surface area contributed by atoms with E-state index in [2.05, 4.69) is 10.0 Å². The van der Waals surface area contributed by atoms with Crippen LogP contribution in [-0.2, 0) is 10.0 Å². The van der Waals surface area contributed by atoms with Crippen LogP contribution in [-0.4, -0.2) is 63.2 Å². The lowest BCUT2D eigenvalue weighted by molar-refractivity contribution is 0.0417. The molecular weight excluding hydrogens is 430 g/mol. The maximum absolute atomic E-state index is 13.4. The molecule has 1 aliphatic heterocycles. The van der Waals surface area contributed by atoms with Crippen LogP contribution in [0.3, 0.4) is 0 Å². The molecule has 1 amide bonds. The molecule has 32 heavy (non-hydrogen) atoms.